The molecule has 3 rings (SSSR count). The maximum atomic E-state index is 14.0. The van der Waals surface area contributed by atoms with E-state index in [1.54, 1.807) is 68.4 Å². The Hall–Kier alpha value is -3.36. The van der Waals surface area contributed by atoms with Crippen molar-refractivity contribution in [1.29, 1.82) is 0 Å². The van der Waals surface area contributed by atoms with Crippen LogP contribution in [-0.2, 0) is 26.2 Å². The summed E-state index contributed by atoms with van der Waals surface area (Å²) in [5.74, 6) is -0.834. The zero-order valence-corrected chi connectivity index (χ0v) is 24.4. The summed E-state index contributed by atoms with van der Waals surface area (Å²) in [6.45, 7) is 7.39. The van der Waals surface area contributed by atoms with Crippen molar-refractivity contribution in [2.45, 2.75) is 58.0 Å². The number of hydrogen-bond donors (Lipinski definition) is 1. The van der Waals surface area contributed by atoms with Gasteiger partial charge in [0.1, 0.15) is 12.6 Å². The van der Waals surface area contributed by atoms with Crippen LogP contribution in [0.15, 0.2) is 77.7 Å². The summed E-state index contributed by atoms with van der Waals surface area (Å²) in [6.07, 6.45) is 1.73. The highest BCUT2D eigenvalue weighted by molar-refractivity contribution is 7.92. The van der Waals surface area contributed by atoms with E-state index in [0.29, 0.717) is 28.4 Å². The molecule has 0 radical (unpaired) electrons. The third kappa shape index (κ3) is 7.61. The minimum Gasteiger partial charge on any atom is -0.354 e. The number of carbonyl (C=O) groups excluding carboxylic acids is 2. The monoisotopic (exact) mass is 569 g/mol. The molecule has 3 aromatic rings. The van der Waals surface area contributed by atoms with Crippen molar-refractivity contribution >= 4 is 39.1 Å². The van der Waals surface area contributed by atoms with E-state index < -0.39 is 28.5 Å². The van der Waals surface area contributed by atoms with Crippen LogP contribution in [0.5, 0.6) is 0 Å². The van der Waals surface area contributed by atoms with Crippen molar-refractivity contribution in [3.05, 3.63) is 94.5 Å². The summed E-state index contributed by atoms with van der Waals surface area (Å²) < 4.78 is 28.9. The molecular formula is C30H36ClN3O4S. The van der Waals surface area contributed by atoms with E-state index in [-0.39, 0.29) is 17.3 Å². The number of anilines is 1. The first-order valence-corrected chi connectivity index (χ1v) is 14.8. The summed E-state index contributed by atoms with van der Waals surface area (Å²) >= 11 is 6.40. The van der Waals surface area contributed by atoms with Crippen LogP contribution in [-0.4, -0.2) is 44.3 Å². The van der Waals surface area contributed by atoms with Gasteiger partial charge in [0.2, 0.25) is 11.8 Å². The molecule has 0 saturated heterocycles. The predicted molar refractivity (Wildman–Crippen MR) is 156 cm³/mol. The largest absolute Gasteiger partial charge is 0.354 e. The van der Waals surface area contributed by atoms with E-state index >= 15 is 0 Å². The lowest BCUT2D eigenvalue weighted by Gasteiger charge is -2.32. The molecular weight excluding hydrogens is 534 g/mol. The van der Waals surface area contributed by atoms with E-state index in [9.17, 15) is 18.0 Å². The van der Waals surface area contributed by atoms with Crippen molar-refractivity contribution < 1.29 is 18.0 Å². The van der Waals surface area contributed by atoms with Crippen LogP contribution in [0.25, 0.3) is 0 Å². The van der Waals surface area contributed by atoms with E-state index in [4.69, 9.17) is 11.6 Å². The van der Waals surface area contributed by atoms with Gasteiger partial charge in [-0.15, -0.1) is 0 Å². The fraction of sp³-hybridized carbons (Fsp3) is 0.333. The molecule has 1 atom stereocenters. The molecule has 39 heavy (non-hydrogen) atoms. The van der Waals surface area contributed by atoms with Gasteiger partial charge in [0.15, 0.2) is 0 Å². The number of unbranched alkanes of at least 4 members (excludes halogenated alkanes) is 1. The van der Waals surface area contributed by atoms with Crippen LogP contribution >= 0.6 is 11.6 Å². The fourth-order valence-corrected chi connectivity index (χ4v) is 5.80. The molecule has 0 aliphatic heterocycles. The number of hydrogen-bond acceptors (Lipinski definition) is 4. The number of aryl methyl sites for hydroxylation is 2. The minimum atomic E-state index is -4.11. The van der Waals surface area contributed by atoms with Gasteiger partial charge in [0.05, 0.1) is 10.6 Å². The molecule has 3 aromatic carbocycles. The minimum absolute atomic E-state index is 0.0487. The fourth-order valence-electron chi connectivity index (χ4n) is 4.12. The average Bonchev–Trinajstić information content (AvgIpc) is 2.91. The lowest BCUT2D eigenvalue weighted by atomic mass is 10.1. The summed E-state index contributed by atoms with van der Waals surface area (Å²) in [4.78, 5) is 28.5. The first-order chi connectivity index (χ1) is 18.6. The Morgan fingerprint density at radius 1 is 0.949 bits per heavy atom. The van der Waals surface area contributed by atoms with Crippen molar-refractivity contribution in [2.24, 2.45) is 0 Å². The van der Waals surface area contributed by atoms with Gasteiger partial charge >= 0.3 is 0 Å². The van der Waals surface area contributed by atoms with Gasteiger partial charge in [-0.3, -0.25) is 13.9 Å². The molecule has 0 aliphatic carbocycles. The van der Waals surface area contributed by atoms with Crippen LogP contribution in [0.1, 0.15) is 43.4 Å². The molecule has 0 saturated carbocycles. The van der Waals surface area contributed by atoms with E-state index in [0.717, 1.165) is 22.7 Å². The number of halogens is 1. The van der Waals surface area contributed by atoms with Gasteiger partial charge < -0.3 is 10.2 Å². The molecule has 1 N–H and O–H groups in total. The maximum absolute atomic E-state index is 14.0. The van der Waals surface area contributed by atoms with Crippen molar-refractivity contribution in [3.8, 4) is 0 Å². The van der Waals surface area contributed by atoms with Crippen LogP contribution in [0.4, 0.5) is 5.69 Å². The first-order valence-electron chi connectivity index (χ1n) is 13.0. The quantitative estimate of drug-likeness (QED) is 0.292. The lowest BCUT2D eigenvalue weighted by molar-refractivity contribution is -0.139. The molecule has 208 valence electrons. The highest BCUT2D eigenvalue weighted by Gasteiger charge is 2.33. The number of nitrogens with zero attached hydrogens (tertiary/aromatic N) is 2. The van der Waals surface area contributed by atoms with E-state index in [1.165, 1.54) is 17.0 Å². The van der Waals surface area contributed by atoms with Crippen LogP contribution in [0.3, 0.4) is 0 Å². The molecule has 0 bridgehead atoms. The number of carbonyl (C=O) groups is 2. The van der Waals surface area contributed by atoms with E-state index in [1.807, 2.05) is 19.9 Å². The highest BCUT2D eigenvalue weighted by atomic mass is 35.5. The second kappa shape index (κ2) is 13.6. The molecule has 7 nitrogen and oxygen atoms in total. The maximum Gasteiger partial charge on any atom is 0.264 e. The van der Waals surface area contributed by atoms with Crippen LogP contribution in [0.2, 0.25) is 5.02 Å². The zero-order valence-electron chi connectivity index (χ0n) is 22.9. The lowest BCUT2D eigenvalue weighted by Crippen LogP contribution is -2.51. The van der Waals surface area contributed by atoms with Crippen LogP contribution in [0, 0.1) is 13.8 Å². The van der Waals surface area contributed by atoms with Gasteiger partial charge in [0, 0.05) is 18.1 Å². The highest BCUT2D eigenvalue weighted by Crippen LogP contribution is 2.28. The van der Waals surface area contributed by atoms with Crippen molar-refractivity contribution in [3.63, 3.8) is 0 Å². The van der Waals surface area contributed by atoms with Crippen molar-refractivity contribution in [2.75, 3.05) is 17.4 Å². The Balaban J connectivity index is 2.02. The zero-order chi connectivity index (χ0) is 28.6. The summed E-state index contributed by atoms with van der Waals surface area (Å²) in [6, 6.07) is 19.7. The number of amides is 2. The SMILES string of the molecule is CCCCNC(=O)[C@@H](C)N(Cc1ccccc1Cl)C(=O)CN(c1ccccc1C)S(=O)(=O)c1ccc(C)cc1. The molecule has 0 fully saturated rings. The normalized spacial score (nSPS) is 12.0. The Morgan fingerprint density at radius 3 is 2.23 bits per heavy atom. The van der Waals surface area contributed by atoms with Gasteiger partial charge in [0.25, 0.3) is 10.0 Å². The second-order valence-electron chi connectivity index (χ2n) is 9.54. The summed E-state index contributed by atoms with van der Waals surface area (Å²) in [5, 5.41) is 3.33. The van der Waals surface area contributed by atoms with Crippen LogP contribution < -0.4 is 9.62 Å². The summed E-state index contributed by atoms with van der Waals surface area (Å²) in [7, 11) is -4.11. The molecule has 0 spiro atoms. The topological polar surface area (TPSA) is 86.8 Å². The third-order valence-electron chi connectivity index (χ3n) is 6.57. The van der Waals surface area contributed by atoms with Gasteiger partial charge in [-0.05, 0) is 62.6 Å². The van der Waals surface area contributed by atoms with Crippen molar-refractivity contribution in [1.82, 2.24) is 10.2 Å². The third-order valence-corrected chi connectivity index (χ3v) is 8.71. The second-order valence-corrected chi connectivity index (χ2v) is 11.8. The Bertz CT molecular complexity index is 1390. The summed E-state index contributed by atoms with van der Waals surface area (Å²) in [5.41, 5.74) is 2.67. The number of sulfonamides is 1. The Morgan fingerprint density at radius 2 is 1.59 bits per heavy atom. The molecule has 0 aliphatic rings. The first kappa shape index (κ1) is 30.2. The van der Waals surface area contributed by atoms with Gasteiger partial charge in [-0.1, -0.05) is 79.0 Å². The molecule has 9 heteroatoms. The molecule has 2 amide bonds. The predicted octanol–water partition coefficient (Wildman–Crippen LogP) is 5.49. The molecule has 0 unspecified atom stereocenters. The molecule has 0 heterocycles. The van der Waals surface area contributed by atoms with E-state index in [2.05, 4.69) is 5.32 Å². The smallest absolute Gasteiger partial charge is 0.264 e. The van der Waals surface area contributed by atoms with Gasteiger partial charge in [-0.2, -0.15) is 0 Å². The number of benzene rings is 3. The average molecular weight is 570 g/mol. The number of nitrogens with one attached hydrogen (secondary N) is 1. The Labute approximate surface area is 236 Å². The van der Waals surface area contributed by atoms with Gasteiger partial charge in [-0.25, -0.2) is 8.42 Å². The molecule has 0 aromatic heterocycles. The standard InChI is InChI=1S/C30H36ClN3O4S/c1-5-6-19-32-30(36)24(4)33(20-25-12-8-9-13-27(25)31)29(35)21-34(28-14-10-7-11-23(28)3)39(37,38)26-17-15-22(2)16-18-26/h7-18,24H,5-6,19-21H2,1-4H3,(H,32,36)/t24-/m1/s1. The number of rotatable bonds is 12. The number of para-hydroxylation sites is 1. The Kier molecular flexibility index (Phi) is 10.5.